The van der Waals surface area contributed by atoms with Crippen molar-refractivity contribution in [2.45, 2.75) is 67.6 Å². The Morgan fingerprint density at radius 2 is 0.643 bits per heavy atom. The molecular formula is C121H99F4N13O5. The number of rotatable bonds is 17. The number of pyridine rings is 4. The molecule has 21 aromatic rings. The zero-order valence-electron chi connectivity index (χ0n) is 79.3. The number of H-pyrrole nitrogens is 2. The first kappa shape index (κ1) is 96.4. The van der Waals surface area contributed by atoms with E-state index in [1.165, 1.54) is 42.0 Å². The van der Waals surface area contributed by atoms with E-state index in [1.54, 1.807) is 30.9 Å². The maximum Gasteiger partial charge on any atom is 0.416 e. The van der Waals surface area contributed by atoms with E-state index >= 15 is 0 Å². The summed E-state index contributed by atoms with van der Waals surface area (Å²) < 4.78 is 51.7. The third-order valence-electron chi connectivity index (χ3n) is 24.8. The van der Waals surface area contributed by atoms with Crippen LogP contribution in [0.15, 0.2) is 396 Å². The van der Waals surface area contributed by atoms with Gasteiger partial charge in [-0.25, -0.2) is 14.0 Å². The van der Waals surface area contributed by atoms with Crippen LogP contribution >= 0.6 is 0 Å². The number of aryl methyl sites for hydroxylation is 7. The minimum Gasteiger partial charge on any atom is -0.361 e. The first-order chi connectivity index (χ1) is 69.3. The molecule has 15 aromatic carbocycles. The average Bonchev–Trinajstić information content (AvgIpc) is 1.74. The third kappa shape index (κ3) is 24.3. The van der Waals surface area contributed by atoms with E-state index in [2.05, 4.69) is 168 Å². The molecule has 0 unspecified atom stereocenters. The van der Waals surface area contributed by atoms with Gasteiger partial charge >= 0.3 is 18.2 Å². The number of amides is 7. The number of carbonyl (C=O) groups is 5. The van der Waals surface area contributed by atoms with Gasteiger partial charge in [0.1, 0.15) is 5.82 Å². The fraction of sp³-hybridized carbons (Fsp3) is 0.0826. The molecule has 9 N–H and O–H groups in total. The van der Waals surface area contributed by atoms with Gasteiger partial charge in [0.25, 0.3) is 17.7 Å². The SMILES string of the molecule is CCc1ccc(NC(=O)Nc2ccc(C)c(-c3ccc4ccncc4c3)c2)cc1.Cc1ccc(NC(=O)c2ccc(F)cc2)cc1-c1ccc2ccncc2c1.Cc1ccc(NC(=O)c2ccc3cc[nH]c3c2)cc1-c1ccc2ccncc2c1.Cc1ccc(NC(=O)c2cccc(C(F)(F)F)c2)cc1-c1ccc2cc[nH]c2c1.Cc1ccccc1CNC(=O)Nc1ccc(C)c(-c2ccc3ccncc3c2)c1. The van der Waals surface area contributed by atoms with Crippen molar-refractivity contribution in [3.8, 4) is 55.6 Å². The lowest BCUT2D eigenvalue weighted by Crippen LogP contribution is -2.28. The zero-order valence-corrected chi connectivity index (χ0v) is 79.3. The third-order valence-corrected chi connectivity index (χ3v) is 24.8. The van der Waals surface area contributed by atoms with E-state index in [9.17, 15) is 41.5 Å². The predicted octanol–water partition coefficient (Wildman–Crippen LogP) is 30.2. The quantitative estimate of drug-likeness (QED) is 0.0393. The number of urea groups is 2. The van der Waals surface area contributed by atoms with Crippen LogP contribution in [0.1, 0.15) is 88.1 Å². The minimum atomic E-state index is -4.50. The topological polar surface area (TPSA) is 253 Å². The van der Waals surface area contributed by atoms with Gasteiger partial charge in [-0.2, -0.15) is 13.2 Å². The Balaban J connectivity index is 0.000000123. The number of carbonyl (C=O) groups excluding carboxylic acids is 5. The molecule has 7 amide bonds. The fourth-order valence-corrected chi connectivity index (χ4v) is 16.8. The number of alkyl halides is 3. The van der Waals surface area contributed by atoms with Crippen LogP contribution < -0.4 is 37.2 Å². The van der Waals surface area contributed by atoms with E-state index in [4.69, 9.17) is 0 Å². The molecule has 0 spiro atoms. The number of anilines is 6. The number of hydrogen-bond donors (Lipinski definition) is 9. The standard InChI is InChI=1S/C25H19N3O.2C25H23N3O.C23H17F3N2O.C23H17FN2O/c1-16-2-7-22(28-25(29)20-6-4-18-9-11-27-24(18)13-20)14-23(16)19-5-3-17-8-10-26-15-21(17)12-19;1-17-5-3-4-6-21(17)16-27-25(29)28-23-10-7-18(2)24(14-23)20-9-8-19-11-12-26-15-22(19)13-20;1-3-18-5-10-22(11-6-18)27-25(29)28-23-9-4-17(2)24(15-23)20-8-7-19-12-13-26-16-21(19)14-20;1-14-5-8-19(13-20(14)16-7-6-15-9-10-27-21(15)12-16)28-22(29)17-3-2-4-18(11-17)23(24,25)26;1-15-2-9-21(26-23(27)17-5-7-20(24)8-6-17)13-22(15)18-4-3-16-10-11-25-14-19(16)12-18/h2-15,27H,1H3,(H,28,29);3-15H,16H2,1-2H3,(H2,27,28,29);4-16H,3H2,1-2H3,(H2,27,28,29);2-13,27H,1H3,(H,28,29);2-14H,1H3,(H,26,27). The van der Waals surface area contributed by atoms with Crippen LogP contribution in [0.5, 0.6) is 0 Å². The summed E-state index contributed by atoms with van der Waals surface area (Å²) in [5.74, 6) is -1.35. The Bertz CT molecular complexity index is 8310. The molecule has 0 saturated heterocycles. The zero-order chi connectivity index (χ0) is 99.6. The molecule has 143 heavy (non-hydrogen) atoms. The molecule has 18 nitrogen and oxygen atoms in total. The smallest absolute Gasteiger partial charge is 0.361 e. The van der Waals surface area contributed by atoms with Crippen LogP contribution in [-0.2, 0) is 19.1 Å². The van der Waals surface area contributed by atoms with Crippen LogP contribution in [0.3, 0.4) is 0 Å². The summed E-state index contributed by atoms with van der Waals surface area (Å²) >= 11 is 0. The van der Waals surface area contributed by atoms with E-state index in [-0.39, 0.29) is 35.3 Å². The molecule has 0 aliphatic carbocycles. The van der Waals surface area contributed by atoms with Gasteiger partial charge in [-0.3, -0.25) is 34.3 Å². The van der Waals surface area contributed by atoms with Gasteiger partial charge in [0, 0.05) is 152 Å². The van der Waals surface area contributed by atoms with E-state index in [1.807, 2.05) is 264 Å². The number of hydrogen-bond acceptors (Lipinski definition) is 9. The Kier molecular flexibility index (Phi) is 29.7. The molecule has 0 atom stereocenters. The van der Waals surface area contributed by atoms with Crippen molar-refractivity contribution < 1.29 is 41.5 Å². The fourth-order valence-electron chi connectivity index (χ4n) is 16.8. The first-order valence-electron chi connectivity index (χ1n) is 46.5. The number of aromatic amines is 2. The number of nitrogens with one attached hydrogen (secondary N) is 9. The molecular weight excluding hydrogens is 1790 g/mol. The highest BCUT2D eigenvalue weighted by atomic mass is 19.4. The van der Waals surface area contributed by atoms with Crippen molar-refractivity contribution in [3.05, 3.63) is 468 Å². The number of nitrogens with zero attached hydrogens (tertiary/aromatic N) is 4. The summed E-state index contributed by atoms with van der Waals surface area (Å²) in [6.45, 7) is 14.9. The van der Waals surface area contributed by atoms with Crippen molar-refractivity contribution >= 4 is 129 Å². The Hall–Kier alpha value is -18.3. The Morgan fingerprint density at radius 1 is 0.294 bits per heavy atom. The normalized spacial score (nSPS) is 11.0. The maximum atomic E-state index is 13.0. The van der Waals surface area contributed by atoms with Crippen LogP contribution in [0.4, 0.5) is 61.3 Å². The van der Waals surface area contributed by atoms with Crippen molar-refractivity contribution in [1.82, 2.24) is 35.2 Å². The van der Waals surface area contributed by atoms with E-state index < -0.39 is 17.6 Å². The molecule has 0 bridgehead atoms. The first-order valence-corrected chi connectivity index (χ1v) is 46.5. The van der Waals surface area contributed by atoms with Crippen molar-refractivity contribution in [2.24, 2.45) is 0 Å². The van der Waals surface area contributed by atoms with Crippen LogP contribution in [0, 0.1) is 47.4 Å². The Labute approximate surface area is 823 Å². The van der Waals surface area contributed by atoms with Crippen LogP contribution in [0.25, 0.3) is 121 Å². The lowest BCUT2D eigenvalue weighted by atomic mass is 9.98. The summed E-state index contributed by atoms with van der Waals surface area (Å²) in [6.07, 6.45) is 14.8. The van der Waals surface area contributed by atoms with Gasteiger partial charge in [0.15, 0.2) is 0 Å². The van der Waals surface area contributed by atoms with Gasteiger partial charge in [-0.1, -0.05) is 146 Å². The van der Waals surface area contributed by atoms with Crippen molar-refractivity contribution in [2.75, 3.05) is 31.9 Å². The lowest BCUT2D eigenvalue weighted by Gasteiger charge is -2.12. The van der Waals surface area contributed by atoms with Gasteiger partial charge < -0.3 is 47.2 Å². The van der Waals surface area contributed by atoms with Gasteiger partial charge in [-0.05, 0) is 375 Å². The summed E-state index contributed by atoms with van der Waals surface area (Å²) in [5.41, 5.74) is 26.0. The van der Waals surface area contributed by atoms with Gasteiger partial charge in [0.05, 0.1) is 5.56 Å². The molecule has 22 heteroatoms. The van der Waals surface area contributed by atoms with E-state index in [0.29, 0.717) is 29.0 Å². The summed E-state index contributed by atoms with van der Waals surface area (Å²) in [5, 5.41) is 31.4. The molecule has 6 heterocycles. The van der Waals surface area contributed by atoms with Crippen molar-refractivity contribution in [3.63, 3.8) is 0 Å². The molecule has 0 fully saturated rings. The predicted molar refractivity (Wildman–Crippen MR) is 572 cm³/mol. The van der Waals surface area contributed by atoms with Crippen molar-refractivity contribution in [1.29, 1.82) is 0 Å². The number of aromatic nitrogens is 6. The van der Waals surface area contributed by atoms with Crippen LogP contribution in [-0.4, -0.2) is 59.7 Å². The number of halogens is 4. The molecule has 0 radical (unpaired) electrons. The second-order valence-corrected chi connectivity index (χ2v) is 34.8. The Morgan fingerprint density at radius 3 is 1.06 bits per heavy atom. The van der Waals surface area contributed by atoms with E-state index in [0.717, 1.165) is 201 Å². The van der Waals surface area contributed by atoms with Gasteiger partial charge in [0.2, 0.25) is 0 Å². The summed E-state index contributed by atoms with van der Waals surface area (Å²) in [7, 11) is 0. The average molecular weight is 1890 g/mol. The highest BCUT2D eigenvalue weighted by molar-refractivity contribution is 6.08. The highest BCUT2D eigenvalue weighted by Gasteiger charge is 2.31. The number of benzene rings is 15. The molecule has 6 aromatic heterocycles. The molecule has 0 aliphatic rings. The molecule has 0 saturated carbocycles. The maximum absolute atomic E-state index is 13.0. The summed E-state index contributed by atoms with van der Waals surface area (Å²) in [4.78, 5) is 85.6. The monoisotopic (exact) mass is 1890 g/mol. The molecule has 0 aliphatic heterocycles. The lowest BCUT2D eigenvalue weighted by molar-refractivity contribution is -0.137. The second kappa shape index (κ2) is 44.0. The van der Waals surface area contributed by atoms with Gasteiger partial charge in [-0.15, -0.1) is 0 Å². The summed E-state index contributed by atoms with van der Waals surface area (Å²) in [6, 6.07) is 103. The largest absolute Gasteiger partial charge is 0.416 e. The minimum absolute atomic E-state index is 0.0465. The second-order valence-electron chi connectivity index (χ2n) is 34.8. The highest BCUT2D eigenvalue weighted by Crippen LogP contribution is 2.38. The number of fused-ring (bicyclic) bond motifs is 6. The van der Waals surface area contributed by atoms with Crippen LogP contribution in [0.2, 0.25) is 0 Å². The molecule has 21 rings (SSSR count). The molecule has 706 valence electrons.